The molecule has 5 heteroatoms. The molecule has 0 N–H and O–H groups in total. The van der Waals surface area contributed by atoms with Gasteiger partial charge in [-0.2, -0.15) is 0 Å². The van der Waals surface area contributed by atoms with Crippen LogP contribution in [0, 0.1) is 0 Å². The van der Waals surface area contributed by atoms with Crippen LogP contribution in [0.3, 0.4) is 0 Å². The topological polar surface area (TPSA) is 56.5 Å². The molecule has 0 radical (unpaired) electrons. The molecule has 5 nitrogen and oxygen atoms in total. The average Bonchev–Trinajstić information content (AvgIpc) is 3.11. The number of benzene rings is 1. The number of imidazole rings is 1. The lowest BCUT2D eigenvalue weighted by Gasteiger charge is -2.06. The van der Waals surface area contributed by atoms with Crippen LogP contribution in [0.5, 0.6) is 0 Å². The quantitative estimate of drug-likeness (QED) is 0.536. The van der Waals surface area contributed by atoms with E-state index in [-0.39, 0.29) is 5.97 Å². The maximum atomic E-state index is 11.7. The van der Waals surface area contributed by atoms with Crippen molar-refractivity contribution < 1.29 is 9.53 Å². The van der Waals surface area contributed by atoms with Crippen molar-refractivity contribution in [2.75, 3.05) is 7.11 Å². The van der Waals surface area contributed by atoms with E-state index in [0.29, 0.717) is 11.2 Å². The molecule has 0 aliphatic carbocycles. The van der Waals surface area contributed by atoms with E-state index < -0.39 is 0 Å². The zero-order chi connectivity index (χ0) is 17.2. The molecule has 4 aromatic rings. The second kappa shape index (κ2) is 6.20. The summed E-state index contributed by atoms with van der Waals surface area (Å²) in [5.74, 6) is -0.370. The van der Waals surface area contributed by atoms with Gasteiger partial charge in [-0.1, -0.05) is 24.3 Å². The van der Waals surface area contributed by atoms with Crippen molar-refractivity contribution in [3.63, 3.8) is 0 Å². The minimum Gasteiger partial charge on any atom is -0.465 e. The summed E-state index contributed by atoms with van der Waals surface area (Å²) < 4.78 is 6.71. The van der Waals surface area contributed by atoms with Crippen molar-refractivity contribution in [2.24, 2.45) is 0 Å². The Kier molecular flexibility index (Phi) is 3.74. The number of ether oxygens (including phenoxy) is 1. The molecule has 25 heavy (non-hydrogen) atoms. The highest BCUT2D eigenvalue weighted by Gasteiger charge is 2.11. The van der Waals surface area contributed by atoms with Gasteiger partial charge in [0.2, 0.25) is 0 Å². The zero-order valence-electron chi connectivity index (χ0n) is 13.6. The molecular weight excluding hydrogens is 314 g/mol. The molecular formula is C20H15N3O2. The van der Waals surface area contributed by atoms with Gasteiger partial charge in [0.05, 0.1) is 24.6 Å². The minimum atomic E-state index is -0.370. The van der Waals surface area contributed by atoms with E-state index in [1.54, 1.807) is 24.5 Å². The standard InChI is InChI=1S/C20H15N3O2/c1-25-20(24)16-7-9-23-18(13-22-19(23)11-16)15-5-2-4-14(10-15)17-6-3-8-21-12-17/h2-13H,1H3. The summed E-state index contributed by atoms with van der Waals surface area (Å²) in [5.41, 5.74) is 5.33. The van der Waals surface area contributed by atoms with E-state index in [4.69, 9.17) is 4.74 Å². The molecule has 4 rings (SSSR count). The molecule has 0 atom stereocenters. The highest BCUT2D eigenvalue weighted by Crippen LogP contribution is 2.26. The van der Waals surface area contributed by atoms with Gasteiger partial charge >= 0.3 is 5.97 Å². The number of nitrogens with zero attached hydrogens (tertiary/aromatic N) is 3. The van der Waals surface area contributed by atoms with Crippen LogP contribution in [0.2, 0.25) is 0 Å². The monoisotopic (exact) mass is 329 g/mol. The molecule has 0 spiro atoms. The van der Waals surface area contributed by atoms with Gasteiger partial charge in [-0.05, 0) is 29.8 Å². The van der Waals surface area contributed by atoms with Gasteiger partial charge in [0, 0.05) is 29.7 Å². The normalized spacial score (nSPS) is 10.8. The Balaban J connectivity index is 1.79. The van der Waals surface area contributed by atoms with Crippen molar-refractivity contribution in [1.82, 2.24) is 14.4 Å². The number of carbonyl (C=O) groups is 1. The number of aromatic nitrogens is 3. The molecule has 0 aliphatic heterocycles. The molecule has 0 saturated carbocycles. The van der Waals surface area contributed by atoms with Crippen LogP contribution in [0.25, 0.3) is 28.0 Å². The van der Waals surface area contributed by atoms with E-state index in [2.05, 4.69) is 22.1 Å². The van der Waals surface area contributed by atoms with E-state index >= 15 is 0 Å². The van der Waals surface area contributed by atoms with Crippen molar-refractivity contribution in [3.05, 3.63) is 78.9 Å². The third kappa shape index (κ3) is 2.76. The third-order valence-corrected chi connectivity index (χ3v) is 4.09. The lowest BCUT2D eigenvalue weighted by Crippen LogP contribution is -2.02. The Bertz CT molecular complexity index is 1050. The number of esters is 1. The average molecular weight is 329 g/mol. The van der Waals surface area contributed by atoms with E-state index in [1.807, 2.05) is 41.1 Å². The number of hydrogen-bond acceptors (Lipinski definition) is 4. The Morgan fingerprint density at radius 2 is 1.84 bits per heavy atom. The van der Waals surface area contributed by atoms with Crippen LogP contribution in [-0.2, 0) is 4.74 Å². The number of fused-ring (bicyclic) bond motifs is 1. The molecule has 1 aromatic carbocycles. The first-order valence-corrected chi connectivity index (χ1v) is 7.82. The van der Waals surface area contributed by atoms with Crippen molar-refractivity contribution in [3.8, 4) is 22.4 Å². The molecule has 0 aliphatic rings. The highest BCUT2D eigenvalue weighted by molar-refractivity contribution is 5.90. The Hall–Kier alpha value is -3.47. The number of rotatable bonds is 3. The Labute approximate surface area is 144 Å². The number of pyridine rings is 2. The lowest BCUT2D eigenvalue weighted by atomic mass is 10.0. The van der Waals surface area contributed by atoms with Crippen LogP contribution < -0.4 is 0 Å². The van der Waals surface area contributed by atoms with E-state index in [0.717, 1.165) is 22.4 Å². The second-order valence-electron chi connectivity index (χ2n) is 5.60. The summed E-state index contributed by atoms with van der Waals surface area (Å²) in [6.07, 6.45) is 7.24. The van der Waals surface area contributed by atoms with Crippen molar-refractivity contribution in [1.29, 1.82) is 0 Å². The molecule has 3 heterocycles. The number of methoxy groups -OCH3 is 1. The van der Waals surface area contributed by atoms with Gasteiger partial charge < -0.3 is 4.74 Å². The largest absolute Gasteiger partial charge is 0.465 e. The first-order valence-electron chi connectivity index (χ1n) is 7.82. The van der Waals surface area contributed by atoms with Crippen molar-refractivity contribution in [2.45, 2.75) is 0 Å². The fraction of sp³-hybridized carbons (Fsp3) is 0.0500. The summed E-state index contributed by atoms with van der Waals surface area (Å²) >= 11 is 0. The van der Waals surface area contributed by atoms with Gasteiger partial charge in [-0.3, -0.25) is 9.38 Å². The molecule has 0 fully saturated rings. The zero-order valence-corrected chi connectivity index (χ0v) is 13.6. The summed E-state index contributed by atoms with van der Waals surface area (Å²) in [5, 5.41) is 0. The van der Waals surface area contributed by atoms with Gasteiger partial charge in [0.25, 0.3) is 0 Å². The van der Waals surface area contributed by atoms with E-state index in [1.165, 1.54) is 7.11 Å². The smallest absolute Gasteiger partial charge is 0.338 e. The number of carbonyl (C=O) groups excluding carboxylic acids is 1. The van der Waals surface area contributed by atoms with Gasteiger partial charge in [-0.25, -0.2) is 9.78 Å². The lowest BCUT2D eigenvalue weighted by molar-refractivity contribution is 0.0600. The summed E-state index contributed by atoms with van der Waals surface area (Å²) in [6, 6.07) is 15.6. The maximum absolute atomic E-state index is 11.7. The highest BCUT2D eigenvalue weighted by atomic mass is 16.5. The van der Waals surface area contributed by atoms with Crippen LogP contribution in [0.1, 0.15) is 10.4 Å². The van der Waals surface area contributed by atoms with Crippen LogP contribution in [0.4, 0.5) is 0 Å². The van der Waals surface area contributed by atoms with Crippen molar-refractivity contribution >= 4 is 11.6 Å². The summed E-state index contributed by atoms with van der Waals surface area (Å²) in [6.45, 7) is 0. The third-order valence-electron chi connectivity index (χ3n) is 4.09. The van der Waals surface area contributed by atoms with Crippen LogP contribution in [-0.4, -0.2) is 27.4 Å². The van der Waals surface area contributed by atoms with Gasteiger partial charge in [0.1, 0.15) is 5.65 Å². The van der Waals surface area contributed by atoms with Gasteiger partial charge in [-0.15, -0.1) is 0 Å². The summed E-state index contributed by atoms with van der Waals surface area (Å²) in [7, 11) is 1.37. The number of hydrogen-bond donors (Lipinski definition) is 0. The fourth-order valence-electron chi connectivity index (χ4n) is 2.83. The Morgan fingerprint density at radius 3 is 2.64 bits per heavy atom. The van der Waals surface area contributed by atoms with Crippen LogP contribution >= 0.6 is 0 Å². The Morgan fingerprint density at radius 1 is 1.00 bits per heavy atom. The predicted octanol–water partition coefficient (Wildman–Crippen LogP) is 3.85. The molecule has 122 valence electrons. The first kappa shape index (κ1) is 15.1. The molecule has 0 saturated heterocycles. The fourth-order valence-corrected chi connectivity index (χ4v) is 2.83. The minimum absolute atomic E-state index is 0.370. The molecule has 3 aromatic heterocycles. The van der Waals surface area contributed by atoms with E-state index in [9.17, 15) is 4.79 Å². The van der Waals surface area contributed by atoms with Crippen LogP contribution in [0.15, 0.2) is 73.3 Å². The second-order valence-corrected chi connectivity index (χ2v) is 5.60. The summed E-state index contributed by atoms with van der Waals surface area (Å²) in [4.78, 5) is 20.3. The molecule has 0 amide bonds. The first-order chi connectivity index (χ1) is 12.3. The molecule has 0 bridgehead atoms. The maximum Gasteiger partial charge on any atom is 0.338 e. The molecule has 0 unspecified atom stereocenters. The van der Waals surface area contributed by atoms with Gasteiger partial charge in [0.15, 0.2) is 0 Å². The SMILES string of the molecule is COC(=O)c1ccn2c(-c3cccc(-c4cccnc4)c3)cnc2c1. The predicted molar refractivity (Wildman–Crippen MR) is 95.2 cm³/mol.